The van der Waals surface area contributed by atoms with Crippen LogP contribution in [0, 0.1) is 5.82 Å². The van der Waals surface area contributed by atoms with Crippen molar-refractivity contribution in [2.24, 2.45) is 5.73 Å². The Morgan fingerprint density at radius 2 is 1.83 bits per heavy atom. The first kappa shape index (κ1) is 16.2. The fourth-order valence-electron chi connectivity index (χ4n) is 3.43. The lowest BCUT2D eigenvalue weighted by Gasteiger charge is -2.39. The third-order valence-electron chi connectivity index (χ3n) is 4.95. The van der Waals surface area contributed by atoms with Crippen LogP contribution in [-0.2, 0) is 4.79 Å². The van der Waals surface area contributed by atoms with Crippen LogP contribution in [-0.4, -0.2) is 67.1 Å². The van der Waals surface area contributed by atoms with Gasteiger partial charge in [0.25, 0.3) is 0 Å². The molecular formula is C17H25FN4O. The minimum absolute atomic E-state index is 0.101. The summed E-state index contributed by atoms with van der Waals surface area (Å²) in [6, 6.07) is 6.63. The predicted octanol–water partition coefficient (Wildman–Crippen LogP) is 0.896. The zero-order valence-electron chi connectivity index (χ0n) is 13.6. The molecule has 2 atom stereocenters. The Balaban J connectivity index is 1.54. The van der Waals surface area contributed by atoms with E-state index < -0.39 is 0 Å². The van der Waals surface area contributed by atoms with Crippen LogP contribution in [0.5, 0.6) is 0 Å². The van der Waals surface area contributed by atoms with Gasteiger partial charge in [0.05, 0.1) is 6.04 Å². The quantitative estimate of drug-likeness (QED) is 0.899. The number of piperazine rings is 1. The predicted molar refractivity (Wildman–Crippen MR) is 88.8 cm³/mol. The number of nitrogens with two attached hydrogens (primary N) is 1. The van der Waals surface area contributed by atoms with Gasteiger partial charge in [-0.25, -0.2) is 4.39 Å². The molecule has 2 saturated heterocycles. The van der Waals surface area contributed by atoms with Crippen LogP contribution in [0.3, 0.4) is 0 Å². The molecule has 1 amide bonds. The zero-order chi connectivity index (χ0) is 16.4. The van der Waals surface area contributed by atoms with E-state index in [2.05, 4.69) is 9.80 Å². The van der Waals surface area contributed by atoms with Crippen LogP contribution in [0.4, 0.5) is 10.1 Å². The van der Waals surface area contributed by atoms with Crippen LogP contribution in [0.15, 0.2) is 24.3 Å². The molecule has 0 saturated carbocycles. The van der Waals surface area contributed by atoms with E-state index in [1.807, 2.05) is 24.0 Å². The summed E-state index contributed by atoms with van der Waals surface area (Å²) in [6.45, 7) is 6.82. The number of carbonyl (C=O) groups is 1. The summed E-state index contributed by atoms with van der Waals surface area (Å²) in [5.74, 6) is -0.0244. The zero-order valence-corrected chi connectivity index (χ0v) is 13.6. The summed E-state index contributed by atoms with van der Waals surface area (Å²) in [7, 11) is 0. The van der Waals surface area contributed by atoms with E-state index in [-0.39, 0.29) is 23.8 Å². The first-order valence-corrected chi connectivity index (χ1v) is 8.33. The molecule has 1 unspecified atom stereocenters. The fourth-order valence-corrected chi connectivity index (χ4v) is 3.43. The molecule has 2 heterocycles. The summed E-state index contributed by atoms with van der Waals surface area (Å²) < 4.78 is 13.0. The van der Waals surface area contributed by atoms with E-state index in [1.54, 1.807) is 0 Å². The summed E-state index contributed by atoms with van der Waals surface area (Å²) in [6.07, 6.45) is 0.900. The molecule has 0 aromatic heterocycles. The van der Waals surface area contributed by atoms with Crippen LogP contribution >= 0.6 is 0 Å². The SMILES string of the molecule is CC(C(=O)N1CC[C@@H](N)C1)N1CCN(c2ccc(F)cc2)CC1. The smallest absolute Gasteiger partial charge is 0.239 e. The first-order chi connectivity index (χ1) is 11.0. The van der Waals surface area contributed by atoms with E-state index in [1.165, 1.54) is 12.1 Å². The molecular weight excluding hydrogens is 295 g/mol. The molecule has 0 bridgehead atoms. The van der Waals surface area contributed by atoms with Crippen molar-refractivity contribution in [1.29, 1.82) is 0 Å². The summed E-state index contributed by atoms with van der Waals surface area (Å²) >= 11 is 0. The lowest BCUT2D eigenvalue weighted by Crippen LogP contribution is -2.54. The fraction of sp³-hybridized carbons (Fsp3) is 0.588. The van der Waals surface area contributed by atoms with E-state index in [0.717, 1.165) is 44.8 Å². The minimum Gasteiger partial charge on any atom is -0.369 e. The number of nitrogens with zero attached hydrogens (tertiary/aromatic N) is 3. The van der Waals surface area contributed by atoms with Gasteiger partial charge < -0.3 is 15.5 Å². The molecule has 3 rings (SSSR count). The molecule has 2 N–H and O–H groups in total. The third-order valence-corrected chi connectivity index (χ3v) is 4.95. The van der Waals surface area contributed by atoms with Crippen molar-refractivity contribution in [1.82, 2.24) is 9.80 Å². The number of benzene rings is 1. The molecule has 0 aliphatic carbocycles. The van der Waals surface area contributed by atoms with Gasteiger partial charge in [-0.2, -0.15) is 0 Å². The molecule has 0 spiro atoms. The highest BCUT2D eigenvalue weighted by Crippen LogP contribution is 2.19. The first-order valence-electron chi connectivity index (χ1n) is 8.33. The van der Waals surface area contributed by atoms with Crippen molar-refractivity contribution in [2.45, 2.75) is 25.4 Å². The largest absolute Gasteiger partial charge is 0.369 e. The number of hydrogen-bond donors (Lipinski definition) is 1. The van der Waals surface area contributed by atoms with E-state index >= 15 is 0 Å². The Hall–Kier alpha value is -1.66. The number of amides is 1. The van der Waals surface area contributed by atoms with Gasteiger partial charge in [-0.15, -0.1) is 0 Å². The van der Waals surface area contributed by atoms with Gasteiger partial charge in [0.1, 0.15) is 5.82 Å². The highest BCUT2D eigenvalue weighted by molar-refractivity contribution is 5.81. The molecule has 23 heavy (non-hydrogen) atoms. The second kappa shape index (κ2) is 6.84. The number of rotatable bonds is 3. The minimum atomic E-state index is -0.213. The van der Waals surface area contributed by atoms with Crippen molar-refractivity contribution in [3.05, 3.63) is 30.1 Å². The number of hydrogen-bond acceptors (Lipinski definition) is 4. The molecule has 6 heteroatoms. The Kier molecular flexibility index (Phi) is 4.82. The number of halogens is 1. The molecule has 5 nitrogen and oxygen atoms in total. The van der Waals surface area contributed by atoms with Crippen LogP contribution < -0.4 is 10.6 Å². The summed E-state index contributed by atoms with van der Waals surface area (Å²) in [5, 5.41) is 0. The van der Waals surface area contributed by atoms with E-state index in [9.17, 15) is 9.18 Å². The number of anilines is 1. The number of likely N-dealkylation sites (tertiary alicyclic amines) is 1. The second-order valence-electron chi connectivity index (χ2n) is 6.51. The Morgan fingerprint density at radius 1 is 1.17 bits per heavy atom. The van der Waals surface area contributed by atoms with Gasteiger partial charge >= 0.3 is 0 Å². The van der Waals surface area contributed by atoms with Crippen molar-refractivity contribution in [3.63, 3.8) is 0 Å². The highest BCUT2D eigenvalue weighted by Gasteiger charge is 2.31. The van der Waals surface area contributed by atoms with Gasteiger partial charge in [-0.1, -0.05) is 0 Å². The second-order valence-corrected chi connectivity index (χ2v) is 6.51. The molecule has 2 aliphatic heterocycles. The average Bonchev–Trinajstić information content (AvgIpc) is 3.01. The van der Waals surface area contributed by atoms with Gasteiger partial charge in [-0.3, -0.25) is 9.69 Å². The highest BCUT2D eigenvalue weighted by atomic mass is 19.1. The summed E-state index contributed by atoms with van der Waals surface area (Å²) in [5.41, 5.74) is 6.93. The lowest BCUT2D eigenvalue weighted by molar-refractivity contribution is -0.135. The standard InChI is InChI=1S/C17H25FN4O/c1-13(17(23)22-7-6-15(19)12-22)20-8-10-21(11-9-20)16-4-2-14(18)3-5-16/h2-5,13,15H,6-12,19H2,1H3/t13?,15-/m1/s1. The average molecular weight is 320 g/mol. The molecule has 2 fully saturated rings. The molecule has 1 aromatic carbocycles. The van der Waals surface area contributed by atoms with Gasteiger partial charge in [0, 0.05) is 51.0 Å². The Labute approximate surface area is 136 Å². The van der Waals surface area contributed by atoms with Crippen LogP contribution in [0.25, 0.3) is 0 Å². The molecule has 0 radical (unpaired) electrons. The molecule has 1 aromatic rings. The normalized spacial score (nSPS) is 24.0. The monoisotopic (exact) mass is 320 g/mol. The van der Waals surface area contributed by atoms with Crippen molar-refractivity contribution < 1.29 is 9.18 Å². The Morgan fingerprint density at radius 3 is 2.39 bits per heavy atom. The summed E-state index contributed by atoms with van der Waals surface area (Å²) in [4.78, 5) is 18.9. The van der Waals surface area contributed by atoms with Crippen molar-refractivity contribution >= 4 is 11.6 Å². The van der Waals surface area contributed by atoms with E-state index in [0.29, 0.717) is 6.54 Å². The molecule has 126 valence electrons. The van der Waals surface area contributed by atoms with Crippen LogP contribution in [0.1, 0.15) is 13.3 Å². The lowest BCUT2D eigenvalue weighted by atomic mass is 10.2. The topological polar surface area (TPSA) is 52.8 Å². The maximum atomic E-state index is 13.0. The molecule has 2 aliphatic rings. The van der Waals surface area contributed by atoms with Crippen molar-refractivity contribution in [3.8, 4) is 0 Å². The Bertz CT molecular complexity index is 542. The van der Waals surface area contributed by atoms with Gasteiger partial charge in [0.2, 0.25) is 5.91 Å². The van der Waals surface area contributed by atoms with Crippen LogP contribution in [0.2, 0.25) is 0 Å². The van der Waals surface area contributed by atoms with Crippen molar-refractivity contribution in [2.75, 3.05) is 44.2 Å². The van der Waals surface area contributed by atoms with Gasteiger partial charge in [-0.05, 0) is 37.6 Å². The third kappa shape index (κ3) is 3.64. The maximum Gasteiger partial charge on any atom is 0.239 e. The maximum absolute atomic E-state index is 13.0. The number of carbonyl (C=O) groups excluding carboxylic acids is 1. The van der Waals surface area contributed by atoms with E-state index in [4.69, 9.17) is 5.73 Å². The van der Waals surface area contributed by atoms with Gasteiger partial charge in [0.15, 0.2) is 0 Å².